The number of para-hydroxylation sites is 1. The monoisotopic (exact) mass is 564 g/mol. The highest BCUT2D eigenvalue weighted by molar-refractivity contribution is 5.99. The minimum atomic E-state index is -0.101. The maximum atomic E-state index is 4.76. The number of nitrogens with one attached hydrogen (secondary N) is 2. The number of hydrogen-bond acceptors (Lipinski definition) is 6. The molecular formula is C37H36N6. The smallest absolute Gasteiger partial charge is 0.143 e. The van der Waals surface area contributed by atoms with E-state index in [1.165, 1.54) is 39.1 Å². The first kappa shape index (κ1) is 26.8. The summed E-state index contributed by atoms with van der Waals surface area (Å²) in [7, 11) is 0. The van der Waals surface area contributed by atoms with Crippen molar-refractivity contribution in [1.29, 1.82) is 0 Å². The van der Waals surface area contributed by atoms with Gasteiger partial charge >= 0.3 is 0 Å². The van der Waals surface area contributed by atoms with Crippen LogP contribution in [0.4, 0.5) is 23.0 Å². The van der Waals surface area contributed by atoms with Crippen molar-refractivity contribution >= 4 is 39.9 Å². The third kappa shape index (κ3) is 4.59. The maximum Gasteiger partial charge on any atom is 0.143 e. The molecule has 0 amide bonds. The lowest BCUT2D eigenvalue weighted by Gasteiger charge is -2.41. The van der Waals surface area contributed by atoms with E-state index in [-0.39, 0.29) is 6.04 Å². The molecule has 0 fully saturated rings. The van der Waals surface area contributed by atoms with Gasteiger partial charge in [0.25, 0.3) is 0 Å². The molecule has 0 bridgehead atoms. The van der Waals surface area contributed by atoms with E-state index in [4.69, 9.17) is 6.58 Å². The Bertz CT molecular complexity index is 1830. The summed E-state index contributed by atoms with van der Waals surface area (Å²) >= 11 is 0. The first-order valence-corrected chi connectivity index (χ1v) is 14.9. The molecule has 0 saturated heterocycles. The first-order valence-electron chi connectivity index (χ1n) is 14.9. The molecule has 4 heterocycles. The van der Waals surface area contributed by atoms with Gasteiger partial charge in [0.2, 0.25) is 0 Å². The standard InChI is InChI=1S/C37H36N6/c1-23-14-15-28-17-19-42(21-29(28)20-23)32-13-9-12-31-25(3)35(43(27(5)34(31)32)30-10-7-6-8-11-30)26(4)41-37-33-24(2)16-18-38-36(33)39-22-40-37/h6-16,18,20,22,26H,2,5,17,19,21H2,1,3-4H3,(H2,38,39,40,41)/t26-/m0/s1. The van der Waals surface area contributed by atoms with Gasteiger partial charge in [0.15, 0.2) is 0 Å². The Morgan fingerprint density at radius 1 is 0.930 bits per heavy atom. The van der Waals surface area contributed by atoms with Crippen molar-refractivity contribution in [2.24, 2.45) is 0 Å². The van der Waals surface area contributed by atoms with Crippen molar-refractivity contribution in [2.75, 3.05) is 27.0 Å². The third-order valence-electron chi connectivity index (χ3n) is 8.80. The van der Waals surface area contributed by atoms with Crippen molar-refractivity contribution in [3.05, 3.63) is 138 Å². The average Bonchev–Trinajstić information content (AvgIpc) is 3.02. The predicted octanol–water partition coefficient (Wildman–Crippen LogP) is 8.02. The van der Waals surface area contributed by atoms with E-state index in [1.54, 1.807) is 6.33 Å². The molecule has 214 valence electrons. The number of allylic oxidation sites excluding steroid dienone is 3. The number of fused-ring (bicyclic) bond motifs is 3. The van der Waals surface area contributed by atoms with Crippen LogP contribution in [0.2, 0.25) is 0 Å². The molecule has 4 aromatic rings. The highest BCUT2D eigenvalue weighted by Crippen LogP contribution is 2.46. The number of benzene rings is 3. The van der Waals surface area contributed by atoms with E-state index in [2.05, 4.69) is 124 Å². The van der Waals surface area contributed by atoms with E-state index in [0.717, 1.165) is 59.4 Å². The van der Waals surface area contributed by atoms with Crippen LogP contribution in [0.5, 0.6) is 0 Å². The summed E-state index contributed by atoms with van der Waals surface area (Å²) in [6.07, 6.45) is 6.43. The molecule has 3 aliphatic rings. The molecule has 0 radical (unpaired) electrons. The third-order valence-corrected chi connectivity index (χ3v) is 8.80. The fourth-order valence-corrected chi connectivity index (χ4v) is 6.75. The van der Waals surface area contributed by atoms with E-state index in [0.29, 0.717) is 0 Å². The number of nitrogens with zero attached hydrogens (tertiary/aromatic N) is 4. The van der Waals surface area contributed by atoms with Gasteiger partial charge < -0.3 is 20.4 Å². The van der Waals surface area contributed by atoms with Crippen LogP contribution in [0.3, 0.4) is 0 Å². The average molecular weight is 565 g/mol. The molecular weight excluding hydrogens is 528 g/mol. The Morgan fingerprint density at radius 3 is 2.60 bits per heavy atom. The Balaban J connectivity index is 1.33. The zero-order valence-electron chi connectivity index (χ0n) is 25.0. The first-order chi connectivity index (χ1) is 20.9. The molecule has 0 saturated carbocycles. The van der Waals surface area contributed by atoms with Crippen LogP contribution in [0.1, 0.15) is 47.2 Å². The van der Waals surface area contributed by atoms with Crippen LogP contribution < -0.4 is 20.4 Å². The molecule has 6 heteroatoms. The lowest BCUT2D eigenvalue weighted by molar-refractivity contribution is 0.729. The van der Waals surface area contributed by atoms with Gasteiger partial charge in [-0.15, -0.1) is 0 Å². The molecule has 1 atom stereocenters. The van der Waals surface area contributed by atoms with Crippen molar-refractivity contribution in [2.45, 2.75) is 39.8 Å². The van der Waals surface area contributed by atoms with E-state index in [1.807, 2.05) is 12.3 Å². The fourth-order valence-electron chi connectivity index (χ4n) is 6.75. The molecule has 2 N–H and O–H groups in total. The summed E-state index contributed by atoms with van der Waals surface area (Å²) < 4.78 is 0. The van der Waals surface area contributed by atoms with Gasteiger partial charge in [0, 0.05) is 47.6 Å². The SMILES string of the molecule is C=C1C=CNc2ncnc(N[C@@H](C)C3=C(C)c4cccc(N5CCc6ccc(C)cc6C5)c4C(=C)N3c3ccccc3)c21. The molecule has 1 aromatic heterocycles. The van der Waals surface area contributed by atoms with Gasteiger partial charge in [0.1, 0.15) is 18.0 Å². The number of hydrogen-bond donors (Lipinski definition) is 2. The summed E-state index contributed by atoms with van der Waals surface area (Å²) in [4.78, 5) is 13.9. The minimum absolute atomic E-state index is 0.101. The van der Waals surface area contributed by atoms with Crippen LogP contribution in [0.25, 0.3) is 16.8 Å². The zero-order valence-corrected chi connectivity index (χ0v) is 25.0. The van der Waals surface area contributed by atoms with Crippen molar-refractivity contribution in [3.63, 3.8) is 0 Å². The maximum absolute atomic E-state index is 4.76. The highest BCUT2D eigenvalue weighted by atomic mass is 15.2. The van der Waals surface area contributed by atoms with Gasteiger partial charge in [-0.25, -0.2) is 9.97 Å². The van der Waals surface area contributed by atoms with Gasteiger partial charge in [-0.3, -0.25) is 0 Å². The van der Waals surface area contributed by atoms with Crippen molar-refractivity contribution in [1.82, 2.24) is 9.97 Å². The second-order valence-electron chi connectivity index (χ2n) is 11.6. The largest absolute Gasteiger partial charge is 0.366 e. The lowest BCUT2D eigenvalue weighted by atomic mass is 9.87. The molecule has 0 unspecified atom stereocenters. The normalized spacial score (nSPS) is 16.3. The van der Waals surface area contributed by atoms with Crippen molar-refractivity contribution in [3.8, 4) is 0 Å². The minimum Gasteiger partial charge on any atom is -0.366 e. The Morgan fingerprint density at radius 2 is 1.77 bits per heavy atom. The summed E-state index contributed by atoms with van der Waals surface area (Å²) in [5.74, 6) is 1.50. The molecule has 7 rings (SSSR count). The highest BCUT2D eigenvalue weighted by Gasteiger charge is 2.34. The Labute approximate surface area is 253 Å². The molecule has 43 heavy (non-hydrogen) atoms. The Hall–Kier alpha value is -5.10. The van der Waals surface area contributed by atoms with Crippen LogP contribution in [0, 0.1) is 6.92 Å². The lowest BCUT2D eigenvalue weighted by Crippen LogP contribution is -2.37. The fraction of sp³-hybridized carbons (Fsp3) is 0.189. The van der Waals surface area contributed by atoms with Gasteiger partial charge in [-0.05, 0) is 79.3 Å². The van der Waals surface area contributed by atoms with E-state index < -0.39 is 0 Å². The van der Waals surface area contributed by atoms with Gasteiger partial charge in [-0.1, -0.05) is 67.3 Å². The summed E-state index contributed by atoms with van der Waals surface area (Å²) in [6.45, 7) is 17.5. The number of aromatic nitrogens is 2. The number of anilines is 4. The molecule has 6 nitrogen and oxygen atoms in total. The zero-order chi connectivity index (χ0) is 29.7. The van der Waals surface area contributed by atoms with Crippen LogP contribution >= 0.6 is 0 Å². The quantitative estimate of drug-likeness (QED) is 0.256. The second kappa shape index (κ2) is 10.6. The Kier molecular flexibility index (Phi) is 6.62. The van der Waals surface area contributed by atoms with E-state index >= 15 is 0 Å². The van der Waals surface area contributed by atoms with Gasteiger partial charge in [-0.2, -0.15) is 0 Å². The molecule has 3 aromatic carbocycles. The summed E-state index contributed by atoms with van der Waals surface area (Å²) in [6, 6.07) is 24.0. The predicted molar refractivity (Wildman–Crippen MR) is 180 cm³/mol. The summed E-state index contributed by atoms with van der Waals surface area (Å²) in [5.41, 5.74) is 14.0. The van der Waals surface area contributed by atoms with Crippen molar-refractivity contribution < 1.29 is 0 Å². The van der Waals surface area contributed by atoms with E-state index in [9.17, 15) is 0 Å². The van der Waals surface area contributed by atoms with Gasteiger partial charge in [0.05, 0.1) is 11.6 Å². The molecule has 3 aliphatic heterocycles. The summed E-state index contributed by atoms with van der Waals surface area (Å²) in [5, 5.41) is 6.93. The number of rotatable bonds is 5. The topological polar surface area (TPSA) is 56.3 Å². The second-order valence-corrected chi connectivity index (χ2v) is 11.6. The van der Waals surface area contributed by atoms with Crippen LogP contribution in [0.15, 0.2) is 104 Å². The molecule has 0 spiro atoms. The molecule has 0 aliphatic carbocycles. The number of aryl methyl sites for hydroxylation is 1. The van der Waals surface area contributed by atoms with Crippen LogP contribution in [-0.4, -0.2) is 22.6 Å². The van der Waals surface area contributed by atoms with Crippen LogP contribution in [-0.2, 0) is 13.0 Å².